The molecule has 0 amide bonds. The molecule has 2 aromatic rings. The van der Waals surface area contributed by atoms with Gasteiger partial charge in [-0.25, -0.2) is 0 Å². The fourth-order valence-corrected chi connectivity index (χ4v) is 2.20. The molecule has 0 fully saturated rings. The van der Waals surface area contributed by atoms with E-state index in [1.807, 2.05) is 42.5 Å². The highest BCUT2D eigenvalue weighted by atomic mass is 35.5. The SMILES string of the molecule is OCc1cccc(NCc2c(Cl)cccc2Cl)c1. The van der Waals surface area contributed by atoms with Crippen molar-refractivity contribution in [2.45, 2.75) is 13.2 Å². The lowest BCUT2D eigenvalue weighted by atomic mass is 10.2. The summed E-state index contributed by atoms with van der Waals surface area (Å²) in [6.45, 7) is 0.579. The zero-order valence-electron chi connectivity index (χ0n) is 9.66. The maximum absolute atomic E-state index is 9.07. The van der Waals surface area contributed by atoms with Gasteiger partial charge < -0.3 is 10.4 Å². The highest BCUT2D eigenvalue weighted by Crippen LogP contribution is 2.25. The second-order valence-electron chi connectivity index (χ2n) is 3.91. The Hall–Kier alpha value is -1.22. The van der Waals surface area contributed by atoms with Crippen molar-refractivity contribution in [2.75, 3.05) is 5.32 Å². The van der Waals surface area contributed by atoms with E-state index < -0.39 is 0 Å². The van der Waals surface area contributed by atoms with Gasteiger partial charge in [-0.2, -0.15) is 0 Å². The lowest BCUT2D eigenvalue weighted by Crippen LogP contribution is -2.01. The second kappa shape index (κ2) is 6.10. The Labute approximate surface area is 116 Å². The molecule has 0 heterocycles. The van der Waals surface area contributed by atoms with Crippen LogP contribution in [0, 0.1) is 0 Å². The van der Waals surface area contributed by atoms with Gasteiger partial charge in [-0.1, -0.05) is 41.4 Å². The largest absolute Gasteiger partial charge is 0.392 e. The minimum absolute atomic E-state index is 0.0301. The Morgan fingerprint density at radius 2 is 1.67 bits per heavy atom. The van der Waals surface area contributed by atoms with Crippen molar-refractivity contribution in [2.24, 2.45) is 0 Å². The zero-order valence-corrected chi connectivity index (χ0v) is 11.2. The van der Waals surface area contributed by atoms with Crippen molar-refractivity contribution in [1.29, 1.82) is 0 Å². The van der Waals surface area contributed by atoms with Crippen LogP contribution in [0.1, 0.15) is 11.1 Å². The number of hydrogen-bond acceptors (Lipinski definition) is 2. The first-order valence-electron chi connectivity index (χ1n) is 5.57. The predicted molar refractivity (Wildman–Crippen MR) is 76.2 cm³/mol. The van der Waals surface area contributed by atoms with E-state index in [4.69, 9.17) is 28.3 Å². The van der Waals surface area contributed by atoms with Gasteiger partial charge in [0.15, 0.2) is 0 Å². The third-order valence-electron chi connectivity index (χ3n) is 2.64. The Kier molecular flexibility index (Phi) is 4.48. The van der Waals surface area contributed by atoms with Crippen LogP contribution < -0.4 is 5.32 Å². The van der Waals surface area contributed by atoms with E-state index in [0.717, 1.165) is 16.8 Å². The van der Waals surface area contributed by atoms with Gasteiger partial charge in [0.05, 0.1) is 6.61 Å². The van der Waals surface area contributed by atoms with Crippen LogP contribution in [0.15, 0.2) is 42.5 Å². The number of nitrogens with one attached hydrogen (secondary N) is 1. The molecule has 0 atom stereocenters. The van der Waals surface area contributed by atoms with E-state index in [2.05, 4.69) is 5.32 Å². The van der Waals surface area contributed by atoms with E-state index in [-0.39, 0.29) is 6.61 Å². The third kappa shape index (κ3) is 3.16. The number of rotatable bonds is 4. The fourth-order valence-electron chi connectivity index (χ4n) is 1.67. The average molecular weight is 282 g/mol. The predicted octanol–water partition coefficient (Wildman–Crippen LogP) is 4.10. The minimum Gasteiger partial charge on any atom is -0.392 e. The van der Waals surface area contributed by atoms with Gasteiger partial charge in [0.2, 0.25) is 0 Å². The van der Waals surface area contributed by atoms with Gasteiger partial charge in [-0.15, -0.1) is 0 Å². The molecule has 18 heavy (non-hydrogen) atoms. The molecule has 0 saturated heterocycles. The summed E-state index contributed by atoms with van der Waals surface area (Å²) in [5.74, 6) is 0. The van der Waals surface area contributed by atoms with Crippen molar-refractivity contribution < 1.29 is 5.11 Å². The van der Waals surface area contributed by atoms with E-state index in [1.54, 1.807) is 0 Å². The summed E-state index contributed by atoms with van der Waals surface area (Å²) < 4.78 is 0. The summed E-state index contributed by atoms with van der Waals surface area (Å²) in [6.07, 6.45) is 0. The lowest BCUT2D eigenvalue weighted by molar-refractivity contribution is 0.282. The number of halogens is 2. The molecule has 0 aliphatic heterocycles. The Balaban J connectivity index is 2.11. The van der Waals surface area contributed by atoms with Gasteiger partial charge in [0.25, 0.3) is 0 Å². The molecular weight excluding hydrogens is 269 g/mol. The summed E-state index contributed by atoms with van der Waals surface area (Å²) in [6, 6.07) is 13.0. The smallest absolute Gasteiger partial charge is 0.0682 e. The van der Waals surface area contributed by atoms with Gasteiger partial charge in [-0.3, -0.25) is 0 Å². The summed E-state index contributed by atoms with van der Waals surface area (Å²) >= 11 is 12.2. The molecular formula is C14H13Cl2NO. The van der Waals surface area contributed by atoms with Crippen LogP contribution in [-0.4, -0.2) is 5.11 Å². The van der Waals surface area contributed by atoms with Crippen molar-refractivity contribution in [1.82, 2.24) is 0 Å². The molecule has 0 unspecified atom stereocenters. The summed E-state index contributed by atoms with van der Waals surface area (Å²) in [5, 5.41) is 13.6. The molecule has 0 aromatic heterocycles. The Morgan fingerprint density at radius 3 is 2.33 bits per heavy atom. The van der Waals surface area contributed by atoms with Crippen LogP contribution in [0.4, 0.5) is 5.69 Å². The number of aliphatic hydroxyl groups excluding tert-OH is 1. The average Bonchev–Trinajstić information content (AvgIpc) is 2.38. The molecule has 2 aromatic carbocycles. The van der Waals surface area contributed by atoms with E-state index >= 15 is 0 Å². The highest BCUT2D eigenvalue weighted by Gasteiger charge is 2.05. The maximum Gasteiger partial charge on any atom is 0.0682 e. The van der Waals surface area contributed by atoms with Crippen molar-refractivity contribution in [3.05, 3.63) is 63.6 Å². The molecule has 0 saturated carbocycles. The minimum atomic E-state index is 0.0301. The first-order chi connectivity index (χ1) is 8.70. The number of benzene rings is 2. The third-order valence-corrected chi connectivity index (χ3v) is 3.35. The first kappa shape index (κ1) is 13.2. The van der Waals surface area contributed by atoms with Crippen LogP contribution in [-0.2, 0) is 13.2 Å². The first-order valence-corrected chi connectivity index (χ1v) is 6.33. The topological polar surface area (TPSA) is 32.3 Å². The Bertz CT molecular complexity index is 523. The zero-order chi connectivity index (χ0) is 13.0. The standard InChI is InChI=1S/C14H13Cl2NO/c15-13-5-2-6-14(16)12(13)8-17-11-4-1-3-10(7-11)9-18/h1-7,17-18H,8-9H2. The molecule has 94 valence electrons. The van der Waals surface area contributed by atoms with Crippen molar-refractivity contribution in [3.63, 3.8) is 0 Å². The van der Waals surface area contributed by atoms with Crippen LogP contribution in [0.3, 0.4) is 0 Å². The fraction of sp³-hybridized carbons (Fsp3) is 0.143. The molecule has 0 spiro atoms. The van der Waals surface area contributed by atoms with Crippen LogP contribution in [0.2, 0.25) is 10.0 Å². The van der Waals surface area contributed by atoms with Crippen molar-refractivity contribution >= 4 is 28.9 Å². The van der Waals surface area contributed by atoms with Gasteiger partial charge in [0, 0.05) is 27.8 Å². The normalized spacial score (nSPS) is 10.4. The molecule has 0 bridgehead atoms. The second-order valence-corrected chi connectivity index (χ2v) is 4.73. The van der Waals surface area contributed by atoms with E-state index in [9.17, 15) is 0 Å². The number of anilines is 1. The summed E-state index contributed by atoms with van der Waals surface area (Å²) in [7, 11) is 0. The molecule has 2 rings (SSSR count). The van der Waals surface area contributed by atoms with Crippen LogP contribution in [0.5, 0.6) is 0 Å². The number of hydrogen-bond donors (Lipinski definition) is 2. The molecule has 0 radical (unpaired) electrons. The van der Waals surface area contributed by atoms with Crippen molar-refractivity contribution in [3.8, 4) is 0 Å². The monoisotopic (exact) mass is 281 g/mol. The van der Waals surface area contributed by atoms with Crippen LogP contribution in [0.25, 0.3) is 0 Å². The highest BCUT2D eigenvalue weighted by molar-refractivity contribution is 6.36. The summed E-state index contributed by atoms with van der Waals surface area (Å²) in [4.78, 5) is 0. The summed E-state index contributed by atoms with van der Waals surface area (Å²) in [5.41, 5.74) is 2.66. The molecule has 4 heteroatoms. The van der Waals surface area contributed by atoms with Gasteiger partial charge in [0.1, 0.15) is 0 Å². The van der Waals surface area contributed by atoms with E-state index in [0.29, 0.717) is 16.6 Å². The lowest BCUT2D eigenvalue weighted by Gasteiger charge is -2.10. The van der Waals surface area contributed by atoms with Gasteiger partial charge in [-0.05, 0) is 29.8 Å². The Morgan fingerprint density at radius 1 is 1.00 bits per heavy atom. The maximum atomic E-state index is 9.07. The quantitative estimate of drug-likeness (QED) is 0.885. The molecule has 2 nitrogen and oxygen atoms in total. The molecule has 2 N–H and O–H groups in total. The number of aliphatic hydroxyl groups is 1. The van der Waals surface area contributed by atoms with Crippen LogP contribution >= 0.6 is 23.2 Å². The van der Waals surface area contributed by atoms with Gasteiger partial charge >= 0.3 is 0 Å². The van der Waals surface area contributed by atoms with E-state index in [1.165, 1.54) is 0 Å². The molecule has 0 aliphatic carbocycles. The molecule has 0 aliphatic rings.